The number of nitrogens with one attached hydrogen (secondary N) is 1. The number of hydrogen-bond acceptors (Lipinski definition) is 2. The van der Waals surface area contributed by atoms with Crippen molar-refractivity contribution in [2.75, 3.05) is 18.0 Å². The first kappa shape index (κ1) is 18.0. The van der Waals surface area contributed by atoms with Gasteiger partial charge in [-0.2, -0.15) is 0 Å². The molecular formula is C19H21ClN2O2. The Balaban J connectivity index is 1.90. The fraction of sp³-hybridized carbons (Fsp3) is 0.263. The second-order valence-electron chi connectivity index (χ2n) is 5.62. The Hall–Kier alpha value is -2.33. The Kier molecular flexibility index (Phi) is 6.38. The molecule has 0 bridgehead atoms. The number of para-hydroxylation sites is 1. The van der Waals surface area contributed by atoms with Gasteiger partial charge >= 0.3 is 0 Å². The van der Waals surface area contributed by atoms with Gasteiger partial charge in [0.15, 0.2) is 0 Å². The highest BCUT2D eigenvalue weighted by atomic mass is 35.5. The average Bonchev–Trinajstić information content (AvgIpc) is 2.55. The molecule has 2 aromatic rings. The molecule has 2 rings (SSSR count). The van der Waals surface area contributed by atoms with E-state index >= 15 is 0 Å². The van der Waals surface area contributed by atoms with Gasteiger partial charge in [-0.3, -0.25) is 9.59 Å². The minimum atomic E-state index is -0.178. The van der Waals surface area contributed by atoms with Gasteiger partial charge in [0.1, 0.15) is 6.54 Å². The maximum atomic E-state index is 12.2. The van der Waals surface area contributed by atoms with E-state index in [1.54, 1.807) is 0 Å². The summed E-state index contributed by atoms with van der Waals surface area (Å²) in [7, 11) is 0. The fourth-order valence-corrected chi connectivity index (χ4v) is 2.56. The Bertz CT molecular complexity index is 714. The highest BCUT2D eigenvalue weighted by Gasteiger charge is 2.16. The van der Waals surface area contributed by atoms with Crippen molar-refractivity contribution >= 4 is 29.1 Å². The molecule has 4 nitrogen and oxygen atoms in total. The predicted octanol–water partition coefficient (Wildman–Crippen LogP) is 3.36. The Morgan fingerprint density at radius 1 is 1.08 bits per heavy atom. The maximum Gasteiger partial charge on any atom is 0.240 e. The number of rotatable bonds is 6. The third-order valence-electron chi connectivity index (χ3n) is 3.74. The van der Waals surface area contributed by atoms with E-state index in [0.717, 1.165) is 16.8 Å². The molecule has 0 unspecified atom stereocenters. The Morgan fingerprint density at radius 3 is 2.38 bits per heavy atom. The Labute approximate surface area is 147 Å². The van der Waals surface area contributed by atoms with E-state index in [4.69, 9.17) is 11.6 Å². The second kappa shape index (κ2) is 8.50. The molecule has 126 valence electrons. The molecular weight excluding hydrogens is 324 g/mol. The first-order chi connectivity index (χ1) is 11.5. The van der Waals surface area contributed by atoms with Gasteiger partial charge < -0.3 is 10.2 Å². The molecule has 0 radical (unpaired) electrons. The highest BCUT2D eigenvalue weighted by Crippen LogP contribution is 2.19. The molecule has 0 aromatic heterocycles. The summed E-state index contributed by atoms with van der Waals surface area (Å²) in [6, 6.07) is 15.1. The zero-order valence-corrected chi connectivity index (χ0v) is 14.6. The minimum absolute atomic E-state index is 0.0147. The summed E-state index contributed by atoms with van der Waals surface area (Å²) in [6.45, 7) is 3.91. The first-order valence-electron chi connectivity index (χ1n) is 7.82. The van der Waals surface area contributed by atoms with Crippen molar-refractivity contribution in [1.82, 2.24) is 5.32 Å². The lowest BCUT2D eigenvalue weighted by Crippen LogP contribution is -2.40. The fourth-order valence-electron chi connectivity index (χ4n) is 2.43. The van der Waals surface area contributed by atoms with Crippen LogP contribution in [0.25, 0.3) is 0 Å². The van der Waals surface area contributed by atoms with E-state index in [0.29, 0.717) is 18.0 Å². The topological polar surface area (TPSA) is 49.4 Å². The monoisotopic (exact) mass is 344 g/mol. The van der Waals surface area contributed by atoms with Crippen LogP contribution in [0.2, 0.25) is 5.02 Å². The van der Waals surface area contributed by atoms with E-state index in [2.05, 4.69) is 5.32 Å². The normalized spacial score (nSPS) is 10.3. The molecule has 0 spiro atoms. The summed E-state index contributed by atoms with van der Waals surface area (Å²) in [5, 5.41) is 3.55. The molecule has 2 aromatic carbocycles. The van der Waals surface area contributed by atoms with E-state index in [9.17, 15) is 9.59 Å². The quantitative estimate of drug-likeness (QED) is 0.873. The van der Waals surface area contributed by atoms with Gasteiger partial charge in [0, 0.05) is 24.2 Å². The number of aryl methyl sites for hydroxylation is 1. The van der Waals surface area contributed by atoms with Crippen molar-refractivity contribution in [3.05, 3.63) is 64.7 Å². The summed E-state index contributed by atoms with van der Waals surface area (Å²) in [6.07, 6.45) is 0.716. The van der Waals surface area contributed by atoms with Crippen molar-refractivity contribution in [3.63, 3.8) is 0 Å². The number of hydrogen-bond donors (Lipinski definition) is 1. The van der Waals surface area contributed by atoms with E-state index in [-0.39, 0.29) is 18.4 Å². The van der Waals surface area contributed by atoms with Crippen LogP contribution < -0.4 is 10.2 Å². The molecule has 0 heterocycles. The average molecular weight is 345 g/mol. The van der Waals surface area contributed by atoms with Gasteiger partial charge in [0.2, 0.25) is 11.8 Å². The van der Waals surface area contributed by atoms with Crippen molar-refractivity contribution in [3.8, 4) is 0 Å². The molecule has 5 heteroatoms. The van der Waals surface area contributed by atoms with Gasteiger partial charge in [-0.25, -0.2) is 0 Å². The van der Waals surface area contributed by atoms with E-state index < -0.39 is 0 Å². The molecule has 0 saturated carbocycles. The number of halogens is 1. The molecule has 0 aliphatic carbocycles. The number of amides is 2. The lowest BCUT2D eigenvalue weighted by atomic mass is 10.1. The molecule has 0 atom stereocenters. The number of carbonyl (C=O) groups excluding carboxylic acids is 2. The van der Waals surface area contributed by atoms with Crippen LogP contribution in [0.4, 0.5) is 5.69 Å². The van der Waals surface area contributed by atoms with Crippen LogP contribution >= 0.6 is 11.6 Å². The first-order valence-corrected chi connectivity index (χ1v) is 8.20. The van der Waals surface area contributed by atoms with Crippen LogP contribution in [0.15, 0.2) is 48.5 Å². The van der Waals surface area contributed by atoms with Crippen LogP contribution in [-0.4, -0.2) is 24.9 Å². The summed E-state index contributed by atoms with van der Waals surface area (Å²) in [5.74, 6) is -0.334. The van der Waals surface area contributed by atoms with Crippen LogP contribution in [-0.2, 0) is 16.0 Å². The SMILES string of the molecule is CC(=O)N(CC(=O)NCCc1ccc(Cl)cc1)c1ccccc1C. The summed E-state index contributed by atoms with van der Waals surface area (Å²) < 4.78 is 0. The van der Waals surface area contributed by atoms with Gasteiger partial charge in [-0.05, 0) is 42.7 Å². The van der Waals surface area contributed by atoms with Crippen LogP contribution in [0.3, 0.4) is 0 Å². The summed E-state index contributed by atoms with van der Waals surface area (Å²) >= 11 is 5.85. The molecule has 1 N–H and O–H groups in total. The molecule has 0 aliphatic heterocycles. The number of carbonyl (C=O) groups is 2. The van der Waals surface area contributed by atoms with Gasteiger partial charge in [0.05, 0.1) is 0 Å². The van der Waals surface area contributed by atoms with Crippen LogP contribution in [0.5, 0.6) is 0 Å². The second-order valence-corrected chi connectivity index (χ2v) is 6.05. The van der Waals surface area contributed by atoms with Gasteiger partial charge in [-0.15, -0.1) is 0 Å². The van der Waals surface area contributed by atoms with Crippen molar-refractivity contribution in [1.29, 1.82) is 0 Å². The largest absolute Gasteiger partial charge is 0.354 e. The van der Waals surface area contributed by atoms with Gasteiger partial charge in [0.25, 0.3) is 0 Å². The van der Waals surface area contributed by atoms with E-state index in [1.807, 2.05) is 55.5 Å². The summed E-state index contributed by atoms with van der Waals surface area (Å²) in [5.41, 5.74) is 2.82. The smallest absolute Gasteiger partial charge is 0.240 e. The Morgan fingerprint density at radius 2 is 1.75 bits per heavy atom. The van der Waals surface area contributed by atoms with Crippen LogP contribution in [0.1, 0.15) is 18.1 Å². The van der Waals surface area contributed by atoms with Crippen molar-refractivity contribution in [2.45, 2.75) is 20.3 Å². The maximum absolute atomic E-state index is 12.2. The molecule has 24 heavy (non-hydrogen) atoms. The molecule has 0 fully saturated rings. The number of nitrogens with zero attached hydrogens (tertiary/aromatic N) is 1. The zero-order chi connectivity index (χ0) is 17.5. The molecule has 0 aliphatic rings. The summed E-state index contributed by atoms with van der Waals surface area (Å²) in [4.78, 5) is 25.5. The zero-order valence-electron chi connectivity index (χ0n) is 13.9. The lowest BCUT2D eigenvalue weighted by Gasteiger charge is -2.22. The highest BCUT2D eigenvalue weighted by molar-refractivity contribution is 6.30. The third-order valence-corrected chi connectivity index (χ3v) is 3.99. The van der Waals surface area contributed by atoms with Gasteiger partial charge in [-0.1, -0.05) is 41.9 Å². The molecule has 0 saturated heterocycles. The van der Waals surface area contributed by atoms with Crippen molar-refractivity contribution in [2.24, 2.45) is 0 Å². The minimum Gasteiger partial charge on any atom is -0.354 e. The standard InChI is InChI=1S/C19H21ClN2O2/c1-14-5-3-4-6-18(14)22(15(2)23)13-19(24)21-12-11-16-7-9-17(20)10-8-16/h3-10H,11-13H2,1-2H3,(H,21,24). The number of benzene rings is 2. The molecule has 2 amide bonds. The van der Waals surface area contributed by atoms with Crippen molar-refractivity contribution < 1.29 is 9.59 Å². The third kappa shape index (κ3) is 5.10. The predicted molar refractivity (Wildman–Crippen MR) is 97.4 cm³/mol. The van der Waals surface area contributed by atoms with Crippen LogP contribution in [0, 0.1) is 6.92 Å². The van der Waals surface area contributed by atoms with E-state index in [1.165, 1.54) is 11.8 Å². The lowest BCUT2D eigenvalue weighted by molar-refractivity contribution is -0.123. The number of anilines is 1.